The van der Waals surface area contributed by atoms with Gasteiger partial charge in [0.05, 0.1) is 20.0 Å². The number of aromatic nitrogens is 5. The Hall–Kier alpha value is -3.29. The van der Waals surface area contributed by atoms with Gasteiger partial charge in [0.15, 0.2) is 11.6 Å². The number of carbonyl (C=O) groups is 1. The number of methoxy groups -OCH3 is 1. The number of likely N-dealkylation sites (N-methyl/N-ethyl adjacent to an activating group) is 1. The minimum atomic E-state index is 0.101. The third-order valence-corrected chi connectivity index (χ3v) is 5.03. The number of nitrogens with zero attached hydrogens (tertiary/aromatic N) is 6. The molecule has 0 radical (unpaired) electrons. The molecule has 0 atom stereocenters. The second kappa shape index (κ2) is 7.98. The molecule has 29 heavy (non-hydrogen) atoms. The predicted octanol–water partition coefficient (Wildman–Crippen LogP) is 2.02. The molecule has 8 heteroatoms. The fraction of sp³-hybridized carbons (Fsp3) is 0.381. The first-order chi connectivity index (χ1) is 14.0. The average molecular weight is 392 g/mol. The Kier molecular flexibility index (Phi) is 5.24. The van der Waals surface area contributed by atoms with Crippen molar-refractivity contribution in [3.05, 3.63) is 47.7 Å². The Balaban J connectivity index is 1.53. The van der Waals surface area contributed by atoms with E-state index in [1.807, 2.05) is 35.8 Å². The van der Waals surface area contributed by atoms with Gasteiger partial charge in [0.1, 0.15) is 11.5 Å². The molecule has 0 saturated carbocycles. The lowest BCUT2D eigenvalue weighted by atomic mass is 10.1. The number of ketones is 1. The zero-order chi connectivity index (χ0) is 20.4. The molecule has 3 heterocycles. The molecule has 0 aliphatic heterocycles. The van der Waals surface area contributed by atoms with E-state index in [0.29, 0.717) is 18.1 Å². The molecular formula is C21H24N6O2. The van der Waals surface area contributed by atoms with Crippen LogP contribution in [-0.4, -0.2) is 51.0 Å². The maximum atomic E-state index is 12.6. The molecule has 0 spiro atoms. The van der Waals surface area contributed by atoms with Crippen molar-refractivity contribution >= 4 is 11.6 Å². The van der Waals surface area contributed by atoms with Crippen LogP contribution in [0.3, 0.4) is 0 Å². The second-order valence-electron chi connectivity index (χ2n) is 7.35. The molecule has 8 nitrogen and oxygen atoms in total. The van der Waals surface area contributed by atoms with Gasteiger partial charge in [-0.05, 0) is 24.8 Å². The summed E-state index contributed by atoms with van der Waals surface area (Å²) in [5.74, 6) is 2.08. The number of hydrogen-bond donors (Lipinski definition) is 0. The van der Waals surface area contributed by atoms with Gasteiger partial charge in [0.2, 0.25) is 5.88 Å². The summed E-state index contributed by atoms with van der Waals surface area (Å²) in [7, 11) is 5.40. The highest BCUT2D eigenvalue weighted by Gasteiger charge is 2.23. The number of imidazole rings is 1. The largest absolute Gasteiger partial charge is 0.481 e. The Morgan fingerprint density at radius 3 is 2.79 bits per heavy atom. The Morgan fingerprint density at radius 2 is 2.10 bits per heavy atom. The zero-order valence-corrected chi connectivity index (χ0v) is 16.9. The van der Waals surface area contributed by atoms with Crippen LogP contribution in [-0.2, 0) is 31.1 Å². The first-order valence-electron chi connectivity index (χ1n) is 9.63. The van der Waals surface area contributed by atoms with E-state index in [0.717, 1.165) is 47.6 Å². The number of fused-ring (bicyclic) bond motifs is 1. The quantitative estimate of drug-likeness (QED) is 0.608. The summed E-state index contributed by atoms with van der Waals surface area (Å²) in [4.78, 5) is 32.6. The summed E-state index contributed by atoms with van der Waals surface area (Å²) in [5.41, 5.74) is 3.82. The van der Waals surface area contributed by atoms with Crippen molar-refractivity contribution in [3.63, 3.8) is 0 Å². The van der Waals surface area contributed by atoms with E-state index >= 15 is 0 Å². The van der Waals surface area contributed by atoms with Crippen molar-refractivity contribution in [2.75, 3.05) is 25.6 Å². The molecule has 0 amide bonds. The Bertz CT molecular complexity index is 1030. The van der Waals surface area contributed by atoms with Crippen molar-refractivity contribution in [1.82, 2.24) is 24.5 Å². The van der Waals surface area contributed by atoms with Crippen LogP contribution in [0.15, 0.2) is 30.9 Å². The van der Waals surface area contributed by atoms with E-state index in [4.69, 9.17) is 14.7 Å². The number of rotatable bonds is 7. The van der Waals surface area contributed by atoms with Crippen LogP contribution in [0.4, 0.5) is 5.82 Å². The molecule has 0 aromatic carbocycles. The second-order valence-corrected chi connectivity index (χ2v) is 7.35. The maximum Gasteiger partial charge on any atom is 0.212 e. The van der Waals surface area contributed by atoms with Gasteiger partial charge in [-0.15, -0.1) is 0 Å². The number of Topliss-reactive ketones (excluding diaryl/α,β-unsaturated/α-hetero) is 1. The first kappa shape index (κ1) is 19.0. The van der Waals surface area contributed by atoms with Gasteiger partial charge in [-0.1, -0.05) is 6.07 Å². The van der Waals surface area contributed by atoms with E-state index in [1.165, 1.54) is 0 Å². The Labute approximate surface area is 169 Å². The van der Waals surface area contributed by atoms with Crippen molar-refractivity contribution in [2.45, 2.75) is 25.7 Å². The molecule has 4 rings (SSSR count). The molecule has 0 bridgehead atoms. The normalized spacial score (nSPS) is 12.7. The predicted molar refractivity (Wildman–Crippen MR) is 109 cm³/mol. The monoisotopic (exact) mass is 392 g/mol. The molecular weight excluding hydrogens is 368 g/mol. The minimum Gasteiger partial charge on any atom is -0.481 e. The highest BCUT2D eigenvalue weighted by molar-refractivity contribution is 5.85. The molecule has 3 aromatic rings. The van der Waals surface area contributed by atoms with Gasteiger partial charge < -0.3 is 14.2 Å². The summed E-state index contributed by atoms with van der Waals surface area (Å²) in [6.07, 6.45) is 8.57. The molecule has 1 aliphatic carbocycles. The lowest BCUT2D eigenvalue weighted by Crippen LogP contribution is -2.28. The van der Waals surface area contributed by atoms with Crippen molar-refractivity contribution in [1.29, 1.82) is 0 Å². The number of hydrogen-bond acceptors (Lipinski definition) is 7. The number of pyridine rings is 1. The van der Waals surface area contributed by atoms with E-state index in [2.05, 4.69) is 9.97 Å². The molecule has 0 saturated heterocycles. The van der Waals surface area contributed by atoms with Crippen LogP contribution in [0.25, 0.3) is 11.5 Å². The van der Waals surface area contributed by atoms with Gasteiger partial charge in [0, 0.05) is 50.2 Å². The van der Waals surface area contributed by atoms with Crippen LogP contribution in [0, 0.1) is 0 Å². The molecule has 3 aromatic heterocycles. The highest BCUT2D eigenvalue weighted by Crippen LogP contribution is 2.30. The van der Waals surface area contributed by atoms with Gasteiger partial charge in [-0.3, -0.25) is 4.79 Å². The van der Waals surface area contributed by atoms with Crippen molar-refractivity contribution in [2.24, 2.45) is 7.05 Å². The molecule has 1 aliphatic rings. The van der Waals surface area contributed by atoms with Gasteiger partial charge >= 0.3 is 0 Å². The number of ether oxygens (including phenoxy) is 1. The summed E-state index contributed by atoms with van der Waals surface area (Å²) in [6, 6.07) is 3.63. The van der Waals surface area contributed by atoms with Crippen LogP contribution < -0.4 is 9.64 Å². The van der Waals surface area contributed by atoms with Crippen LogP contribution in [0.2, 0.25) is 0 Å². The van der Waals surface area contributed by atoms with E-state index in [9.17, 15) is 4.79 Å². The molecule has 150 valence electrons. The van der Waals surface area contributed by atoms with Crippen LogP contribution >= 0.6 is 0 Å². The number of aryl methyl sites for hydroxylation is 2. The minimum absolute atomic E-state index is 0.101. The molecule has 0 fully saturated rings. The maximum absolute atomic E-state index is 12.6. The molecule has 0 unspecified atom stereocenters. The third kappa shape index (κ3) is 4.11. The summed E-state index contributed by atoms with van der Waals surface area (Å²) < 4.78 is 6.94. The SMILES string of the molecule is COc1ccc(CC(=O)CN(C)c2nc(-c3cn(C)cn3)nc3c2CCC3)cn1. The fourth-order valence-electron chi connectivity index (χ4n) is 3.63. The summed E-state index contributed by atoms with van der Waals surface area (Å²) in [6.45, 7) is 0.275. The number of anilines is 1. The summed E-state index contributed by atoms with van der Waals surface area (Å²) in [5, 5.41) is 0. The van der Waals surface area contributed by atoms with E-state index in [-0.39, 0.29) is 12.3 Å². The molecule has 0 N–H and O–H groups in total. The van der Waals surface area contributed by atoms with Gasteiger partial charge in [-0.25, -0.2) is 19.9 Å². The van der Waals surface area contributed by atoms with Crippen LogP contribution in [0.1, 0.15) is 23.2 Å². The van der Waals surface area contributed by atoms with Crippen LogP contribution in [0.5, 0.6) is 5.88 Å². The standard InChI is InChI=1S/C21H24N6O2/c1-26-12-18(23-13-26)20-24-17-6-4-5-16(17)21(25-20)27(2)11-15(28)9-14-7-8-19(29-3)22-10-14/h7-8,10,12-13H,4-6,9,11H2,1-3H3. The first-order valence-corrected chi connectivity index (χ1v) is 9.63. The third-order valence-electron chi connectivity index (χ3n) is 5.03. The number of carbonyl (C=O) groups excluding carboxylic acids is 1. The topological polar surface area (TPSA) is 86.0 Å². The lowest BCUT2D eigenvalue weighted by Gasteiger charge is -2.21. The fourth-order valence-corrected chi connectivity index (χ4v) is 3.63. The van der Waals surface area contributed by atoms with Gasteiger partial charge in [0.25, 0.3) is 0 Å². The lowest BCUT2D eigenvalue weighted by molar-refractivity contribution is -0.117. The Morgan fingerprint density at radius 1 is 1.24 bits per heavy atom. The van der Waals surface area contributed by atoms with E-state index in [1.54, 1.807) is 25.7 Å². The van der Waals surface area contributed by atoms with Crippen molar-refractivity contribution < 1.29 is 9.53 Å². The smallest absolute Gasteiger partial charge is 0.212 e. The van der Waals surface area contributed by atoms with Crippen molar-refractivity contribution in [3.8, 4) is 17.4 Å². The summed E-state index contributed by atoms with van der Waals surface area (Å²) >= 11 is 0. The van der Waals surface area contributed by atoms with Gasteiger partial charge in [-0.2, -0.15) is 0 Å². The zero-order valence-electron chi connectivity index (χ0n) is 16.9. The average Bonchev–Trinajstić information content (AvgIpc) is 3.36. The van der Waals surface area contributed by atoms with E-state index < -0.39 is 0 Å². The highest BCUT2D eigenvalue weighted by atomic mass is 16.5.